The Morgan fingerprint density at radius 1 is 1.64 bits per heavy atom. The third-order valence-corrected chi connectivity index (χ3v) is 1.09. The van der Waals surface area contributed by atoms with E-state index in [9.17, 15) is 0 Å². The molecule has 0 atom stereocenters. The average Bonchev–Trinajstić information content (AvgIpc) is 2.09. The van der Waals surface area contributed by atoms with Crippen molar-refractivity contribution in [3.63, 3.8) is 0 Å². The van der Waals surface area contributed by atoms with Crippen LogP contribution in [0.2, 0.25) is 0 Å². The minimum absolute atomic E-state index is 0.109. The fraction of sp³-hybridized carbons (Fsp3) is 0. The molecule has 0 unspecified atom stereocenters. The number of hydrogen-bond acceptors (Lipinski definition) is 4. The second-order valence-corrected chi connectivity index (χ2v) is 1.75. The van der Waals surface area contributed by atoms with Gasteiger partial charge in [-0.05, 0) is 0 Å². The van der Waals surface area contributed by atoms with Crippen molar-refractivity contribution in [3.05, 3.63) is 30.5 Å². The Hall–Kier alpha value is -1.89. The van der Waals surface area contributed by atoms with Gasteiger partial charge in [0.05, 0.1) is 12.5 Å². The molecule has 4 nitrogen and oxygen atoms in total. The fourth-order valence-electron chi connectivity index (χ4n) is 0.590. The smallest absolute Gasteiger partial charge is 0.113 e. The summed E-state index contributed by atoms with van der Waals surface area (Å²) in [6, 6.07) is 1.78. The summed E-state index contributed by atoms with van der Waals surface area (Å²) in [4.78, 5) is 7.54. The van der Waals surface area contributed by atoms with Gasteiger partial charge >= 0.3 is 0 Å². The lowest BCUT2D eigenvalue weighted by Gasteiger charge is -1.91. The minimum Gasteiger partial charge on any atom is -0.514 e. The summed E-state index contributed by atoms with van der Waals surface area (Å²) in [5.41, 5.74) is 0.482. The summed E-state index contributed by atoms with van der Waals surface area (Å²) in [6.45, 7) is 0. The van der Waals surface area contributed by atoms with E-state index in [2.05, 4.69) is 9.97 Å². The first-order chi connectivity index (χ1) is 5.38. The normalized spacial score (nSPS) is 10.6. The van der Waals surface area contributed by atoms with Gasteiger partial charge in [0.2, 0.25) is 0 Å². The molecule has 1 aromatic rings. The van der Waals surface area contributed by atoms with Crippen LogP contribution >= 0.6 is 0 Å². The predicted molar refractivity (Wildman–Crippen MR) is 38.3 cm³/mol. The van der Waals surface area contributed by atoms with E-state index in [0.29, 0.717) is 12.0 Å². The second kappa shape index (κ2) is 3.32. The number of nitrogens with zero attached hydrogens (tertiary/aromatic N) is 3. The second-order valence-electron chi connectivity index (χ2n) is 1.75. The standard InChI is InChI=1S/C7H5N3O/c8-3-6(5-11)7-4-9-1-2-10-7/h1-2,4-5,11H/b6-5-. The van der Waals surface area contributed by atoms with Gasteiger partial charge in [-0.25, -0.2) is 0 Å². The Balaban J connectivity index is 3.05. The summed E-state index contributed by atoms with van der Waals surface area (Å²) < 4.78 is 0. The summed E-state index contributed by atoms with van der Waals surface area (Å²) in [6.07, 6.45) is 5.07. The molecule has 4 heteroatoms. The number of aliphatic hydroxyl groups excluding tert-OH is 1. The molecule has 11 heavy (non-hydrogen) atoms. The molecule has 0 fully saturated rings. The maximum absolute atomic E-state index is 8.53. The zero-order valence-corrected chi connectivity index (χ0v) is 5.60. The van der Waals surface area contributed by atoms with E-state index in [0.717, 1.165) is 0 Å². The lowest BCUT2D eigenvalue weighted by molar-refractivity contribution is 0.476. The van der Waals surface area contributed by atoms with E-state index in [-0.39, 0.29) is 5.57 Å². The van der Waals surface area contributed by atoms with E-state index >= 15 is 0 Å². The van der Waals surface area contributed by atoms with Crippen molar-refractivity contribution < 1.29 is 5.11 Å². The number of nitriles is 1. The monoisotopic (exact) mass is 147 g/mol. The van der Waals surface area contributed by atoms with E-state index in [1.54, 1.807) is 6.07 Å². The van der Waals surface area contributed by atoms with Crippen LogP contribution in [0.4, 0.5) is 0 Å². The number of hydrogen-bond donors (Lipinski definition) is 1. The summed E-state index contributed by atoms with van der Waals surface area (Å²) in [5, 5.41) is 17.0. The van der Waals surface area contributed by atoms with Gasteiger partial charge in [-0.1, -0.05) is 0 Å². The van der Waals surface area contributed by atoms with Crippen LogP contribution in [0.15, 0.2) is 24.9 Å². The van der Waals surface area contributed by atoms with Crippen LogP contribution in [0.5, 0.6) is 0 Å². The Morgan fingerprint density at radius 3 is 2.91 bits per heavy atom. The van der Waals surface area contributed by atoms with Gasteiger partial charge in [0.25, 0.3) is 0 Å². The van der Waals surface area contributed by atoms with Crippen molar-refractivity contribution in [1.82, 2.24) is 9.97 Å². The quantitative estimate of drug-likeness (QED) is 0.473. The Labute approximate surface area is 63.5 Å². The molecular weight excluding hydrogens is 142 g/mol. The molecule has 0 bridgehead atoms. The Bertz CT molecular complexity index is 299. The van der Waals surface area contributed by atoms with Crippen molar-refractivity contribution in [2.24, 2.45) is 0 Å². The molecule has 0 aliphatic rings. The van der Waals surface area contributed by atoms with Crippen LogP contribution in [0.25, 0.3) is 5.57 Å². The van der Waals surface area contributed by atoms with Crippen molar-refractivity contribution in [3.8, 4) is 6.07 Å². The lowest BCUT2D eigenvalue weighted by atomic mass is 10.2. The van der Waals surface area contributed by atoms with Crippen LogP contribution in [0, 0.1) is 11.3 Å². The van der Waals surface area contributed by atoms with E-state index in [4.69, 9.17) is 10.4 Å². The van der Waals surface area contributed by atoms with Gasteiger partial charge in [0.15, 0.2) is 0 Å². The maximum atomic E-state index is 8.53. The molecule has 0 saturated carbocycles. The van der Waals surface area contributed by atoms with Crippen LogP contribution in [0.1, 0.15) is 5.69 Å². The molecule has 1 heterocycles. The SMILES string of the molecule is N#C/C(=C/O)c1cnccn1. The van der Waals surface area contributed by atoms with Gasteiger partial charge < -0.3 is 5.11 Å². The number of aromatic nitrogens is 2. The molecule has 0 aliphatic carbocycles. The molecule has 0 aromatic carbocycles. The number of aliphatic hydroxyl groups is 1. The highest BCUT2D eigenvalue weighted by molar-refractivity contribution is 5.72. The highest BCUT2D eigenvalue weighted by atomic mass is 16.2. The molecule has 0 spiro atoms. The predicted octanol–water partition coefficient (Wildman–Crippen LogP) is 0.899. The molecule has 1 aromatic heterocycles. The van der Waals surface area contributed by atoms with Crippen LogP contribution in [0.3, 0.4) is 0 Å². The molecule has 0 radical (unpaired) electrons. The zero-order valence-electron chi connectivity index (χ0n) is 5.60. The first-order valence-electron chi connectivity index (χ1n) is 2.89. The van der Waals surface area contributed by atoms with Crippen LogP contribution in [-0.4, -0.2) is 15.1 Å². The summed E-state index contributed by atoms with van der Waals surface area (Å²) in [7, 11) is 0. The van der Waals surface area contributed by atoms with Crippen molar-refractivity contribution >= 4 is 5.57 Å². The molecule has 54 valence electrons. The topological polar surface area (TPSA) is 69.8 Å². The Kier molecular flexibility index (Phi) is 2.18. The van der Waals surface area contributed by atoms with Gasteiger partial charge in [-0.15, -0.1) is 0 Å². The first-order valence-corrected chi connectivity index (χ1v) is 2.89. The molecular formula is C7H5N3O. The largest absolute Gasteiger partial charge is 0.514 e. The molecule has 0 saturated heterocycles. The molecule has 1 N–H and O–H groups in total. The van der Waals surface area contributed by atoms with Gasteiger partial charge in [-0.3, -0.25) is 9.97 Å². The fourth-order valence-corrected chi connectivity index (χ4v) is 0.590. The molecule has 1 rings (SSSR count). The number of allylic oxidation sites excluding steroid dienone is 1. The summed E-state index contributed by atoms with van der Waals surface area (Å²) in [5.74, 6) is 0. The van der Waals surface area contributed by atoms with Gasteiger partial charge in [0, 0.05) is 12.4 Å². The highest BCUT2D eigenvalue weighted by Gasteiger charge is 1.99. The van der Waals surface area contributed by atoms with Crippen molar-refractivity contribution in [2.75, 3.05) is 0 Å². The van der Waals surface area contributed by atoms with Crippen molar-refractivity contribution in [1.29, 1.82) is 5.26 Å². The highest BCUT2D eigenvalue weighted by Crippen LogP contribution is 2.05. The molecule has 0 aliphatic heterocycles. The van der Waals surface area contributed by atoms with Crippen LogP contribution < -0.4 is 0 Å². The van der Waals surface area contributed by atoms with Crippen LogP contribution in [-0.2, 0) is 0 Å². The van der Waals surface area contributed by atoms with Crippen molar-refractivity contribution in [2.45, 2.75) is 0 Å². The number of rotatable bonds is 1. The molecule has 0 amide bonds. The van der Waals surface area contributed by atoms with Gasteiger partial charge in [-0.2, -0.15) is 5.26 Å². The lowest BCUT2D eigenvalue weighted by Crippen LogP contribution is -1.87. The third kappa shape index (κ3) is 1.52. The summed E-state index contributed by atoms with van der Waals surface area (Å²) >= 11 is 0. The maximum Gasteiger partial charge on any atom is 0.113 e. The van der Waals surface area contributed by atoms with E-state index in [1.807, 2.05) is 0 Å². The van der Waals surface area contributed by atoms with E-state index < -0.39 is 0 Å². The Morgan fingerprint density at radius 2 is 2.45 bits per heavy atom. The average molecular weight is 147 g/mol. The van der Waals surface area contributed by atoms with Gasteiger partial charge in [0.1, 0.15) is 17.3 Å². The minimum atomic E-state index is 0.109. The zero-order chi connectivity index (χ0) is 8.10. The van der Waals surface area contributed by atoms with E-state index in [1.165, 1.54) is 18.6 Å². The first kappa shape index (κ1) is 7.22. The third-order valence-electron chi connectivity index (χ3n) is 1.09.